The third kappa shape index (κ3) is 1.68. The Morgan fingerprint density at radius 3 is 2.85 bits per heavy atom. The fourth-order valence-corrected chi connectivity index (χ4v) is 3.73. The molecule has 2 aliphatic carbocycles. The van der Waals surface area contributed by atoms with Gasteiger partial charge in [-0.2, -0.15) is 0 Å². The van der Waals surface area contributed by atoms with Crippen molar-refractivity contribution >= 4 is 28.2 Å². The number of aromatic nitrogens is 1. The minimum absolute atomic E-state index is 0.162. The molecule has 0 aliphatic heterocycles. The van der Waals surface area contributed by atoms with E-state index in [2.05, 4.69) is 10.3 Å². The predicted molar refractivity (Wildman–Crippen MR) is 79.1 cm³/mol. The number of hydrogen-bond donors (Lipinski definition) is 2. The number of nitrogens with one attached hydrogen (secondary N) is 1. The maximum Gasteiger partial charge on any atom is 0.228 e. The van der Waals surface area contributed by atoms with Gasteiger partial charge in [0.2, 0.25) is 5.91 Å². The molecule has 0 radical (unpaired) electrons. The largest absolute Gasteiger partial charge is 0.397 e. The van der Waals surface area contributed by atoms with Gasteiger partial charge in [0.05, 0.1) is 16.9 Å². The topological polar surface area (TPSA) is 68.0 Å². The van der Waals surface area contributed by atoms with Gasteiger partial charge < -0.3 is 11.1 Å². The molecule has 102 valence electrons. The highest BCUT2D eigenvalue weighted by Gasteiger charge is 2.56. The Hall–Kier alpha value is -2.10. The minimum atomic E-state index is 0.162. The number of rotatable bonds is 2. The Morgan fingerprint density at radius 1 is 1.25 bits per heavy atom. The van der Waals surface area contributed by atoms with Crippen molar-refractivity contribution in [2.75, 3.05) is 11.1 Å². The highest BCUT2D eigenvalue weighted by molar-refractivity contribution is 6.05. The number of fused-ring (bicyclic) bond motifs is 2. The first-order chi connectivity index (χ1) is 9.75. The second kappa shape index (κ2) is 4.20. The lowest BCUT2D eigenvalue weighted by molar-refractivity contribution is -0.118. The average molecular weight is 267 g/mol. The molecule has 2 atom stereocenters. The second-order valence-electron chi connectivity index (χ2n) is 5.88. The fraction of sp³-hybridized carbons (Fsp3) is 0.375. The Labute approximate surface area is 117 Å². The highest BCUT2D eigenvalue weighted by atomic mass is 16.2. The number of nitrogen functional groups attached to an aromatic ring is 1. The number of amides is 1. The lowest BCUT2D eigenvalue weighted by atomic mass is 10.1. The zero-order valence-corrected chi connectivity index (χ0v) is 11.2. The molecule has 2 saturated carbocycles. The molecule has 2 fully saturated rings. The minimum Gasteiger partial charge on any atom is -0.397 e. The van der Waals surface area contributed by atoms with Crippen LogP contribution in [0.4, 0.5) is 11.4 Å². The van der Waals surface area contributed by atoms with Crippen molar-refractivity contribution in [3.05, 3.63) is 30.5 Å². The van der Waals surface area contributed by atoms with Crippen molar-refractivity contribution in [2.45, 2.75) is 19.3 Å². The van der Waals surface area contributed by atoms with E-state index in [0.29, 0.717) is 17.5 Å². The monoisotopic (exact) mass is 267 g/mol. The first kappa shape index (κ1) is 11.7. The molecule has 0 saturated heterocycles. The molecule has 4 rings (SSSR count). The van der Waals surface area contributed by atoms with E-state index in [0.717, 1.165) is 16.6 Å². The van der Waals surface area contributed by atoms with E-state index in [9.17, 15) is 4.79 Å². The number of carbonyl (C=O) groups is 1. The van der Waals surface area contributed by atoms with Gasteiger partial charge in [-0.25, -0.2) is 0 Å². The van der Waals surface area contributed by atoms with Crippen LogP contribution in [0.5, 0.6) is 0 Å². The number of pyridine rings is 1. The van der Waals surface area contributed by atoms with Gasteiger partial charge in [0.25, 0.3) is 0 Å². The molecule has 1 aromatic carbocycles. The standard InChI is InChI=1S/C16H17N3O/c17-12-6-7-13(11-5-2-8-18-15(11)12)19-16(20)14-9-3-1-4-10(9)14/h2,5-10,14H,1,3-4,17H2,(H,19,20). The van der Waals surface area contributed by atoms with Gasteiger partial charge in [0.1, 0.15) is 0 Å². The molecule has 1 heterocycles. The summed E-state index contributed by atoms with van der Waals surface area (Å²) in [5.41, 5.74) is 8.14. The maximum atomic E-state index is 12.4. The van der Waals surface area contributed by atoms with Crippen molar-refractivity contribution in [3.63, 3.8) is 0 Å². The lowest BCUT2D eigenvalue weighted by Gasteiger charge is -2.10. The Morgan fingerprint density at radius 2 is 2.05 bits per heavy atom. The van der Waals surface area contributed by atoms with E-state index in [1.165, 1.54) is 19.3 Å². The van der Waals surface area contributed by atoms with E-state index in [-0.39, 0.29) is 11.8 Å². The molecule has 4 nitrogen and oxygen atoms in total. The second-order valence-corrected chi connectivity index (χ2v) is 5.88. The molecule has 2 aliphatic rings. The molecule has 2 unspecified atom stereocenters. The van der Waals surface area contributed by atoms with Crippen LogP contribution in [0.25, 0.3) is 10.9 Å². The summed E-state index contributed by atoms with van der Waals surface area (Å²) >= 11 is 0. The predicted octanol–water partition coefficient (Wildman–Crippen LogP) is 2.80. The molecule has 4 heteroatoms. The van der Waals surface area contributed by atoms with Crippen LogP contribution in [0, 0.1) is 17.8 Å². The van der Waals surface area contributed by atoms with Crippen LogP contribution >= 0.6 is 0 Å². The fourth-order valence-electron chi connectivity index (χ4n) is 3.73. The normalized spacial score (nSPS) is 27.3. The molecule has 1 aromatic heterocycles. The van der Waals surface area contributed by atoms with Crippen LogP contribution in [-0.4, -0.2) is 10.9 Å². The lowest BCUT2D eigenvalue weighted by Crippen LogP contribution is -2.16. The Kier molecular flexibility index (Phi) is 2.46. The summed E-state index contributed by atoms with van der Waals surface area (Å²) in [6.45, 7) is 0. The molecule has 3 N–H and O–H groups in total. The number of nitrogens with zero attached hydrogens (tertiary/aromatic N) is 1. The van der Waals surface area contributed by atoms with Crippen LogP contribution in [0.2, 0.25) is 0 Å². The number of hydrogen-bond acceptors (Lipinski definition) is 3. The molecule has 2 aromatic rings. The average Bonchev–Trinajstić information content (AvgIpc) is 2.96. The van der Waals surface area contributed by atoms with E-state index in [1.54, 1.807) is 12.3 Å². The van der Waals surface area contributed by atoms with Gasteiger partial charge in [-0.3, -0.25) is 9.78 Å². The van der Waals surface area contributed by atoms with Crippen LogP contribution < -0.4 is 11.1 Å². The van der Waals surface area contributed by atoms with Gasteiger partial charge in [-0.15, -0.1) is 0 Å². The first-order valence-corrected chi connectivity index (χ1v) is 7.20. The quantitative estimate of drug-likeness (QED) is 0.822. The summed E-state index contributed by atoms with van der Waals surface area (Å²) in [6, 6.07) is 7.49. The number of carbonyl (C=O) groups excluding carboxylic acids is 1. The SMILES string of the molecule is Nc1ccc(NC(=O)C2C3CCCC32)c2cccnc12. The molecule has 0 spiro atoms. The first-order valence-electron chi connectivity index (χ1n) is 7.20. The van der Waals surface area contributed by atoms with Gasteiger partial charge in [-0.1, -0.05) is 6.42 Å². The van der Waals surface area contributed by atoms with Crippen LogP contribution in [-0.2, 0) is 4.79 Å². The maximum absolute atomic E-state index is 12.4. The summed E-state index contributed by atoms with van der Waals surface area (Å²) < 4.78 is 0. The van der Waals surface area contributed by atoms with Crippen molar-refractivity contribution in [2.24, 2.45) is 17.8 Å². The Bertz CT molecular complexity index is 687. The zero-order chi connectivity index (χ0) is 13.7. The van der Waals surface area contributed by atoms with Gasteiger partial charge >= 0.3 is 0 Å². The summed E-state index contributed by atoms with van der Waals surface area (Å²) in [7, 11) is 0. The van der Waals surface area contributed by atoms with Crippen molar-refractivity contribution in [1.29, 1.82) is 0 Å². The van der Waals surface area contributed by atoms with Crippen LogP contribution in [0.15, 0.2) is 30.5 Å². The highest BCUT2D eigenvalue weighted by Crippen LogP contribution is 2.57. The number of nitrogens with two attached hydrogens (primary N) is 1. The molecule has 1 amide bonds. The van der Waals surface area contributed by atoms with E-state index >= 15 is 0 Å². The van der Waals surface area contributed by atoms with E-state index in [4.69, 9.17) is 5.73 Å². The van der Waals surface area contributed by atoms with Crippen LogP contribution in [0.3, 0.4) is 0 Å². The molecular formula is C16H17N3O. The summed E-state index contributed by atoms with van der Waals surface area (Å²) in [6.07, 6.45) is 5.43. The summed E-state index contributed by atoms with van der Waals surface area (Å²) in [5.74, 6) is 1.66. The van der Waals surface area contributed by atoms with Gasteiger partial charge in [-0.05, 0) is 48.9 Å². The van der Waals surface area contributed by atoms with Gasteiger partial charge in [0.15, 0.2) is 0 Å². The zero-order valence-electron chi connectivity index (χ0n) is 11.2. The van der Waals surface area contributed by atoms with Crippen molar-refractivity contribution in [1.82, 2.24) is 4.98 Å². The van der Waals surface area contributed by atoms with Gasteiger partial charge in [0, 0.05) is 17.5 Å². The van der Waals surface area contributed by atoms with Crippen molar-refractivity contribution < 1.29 is 4.79 Å². The third-order valence-electron chi connectivity index (χ3n) is 4.77. The molecule has 20 heavy (non-hydrogen) atoms. The van der Waals surface area contributed by atoms with Crippen LogP contribution in [0.1, 0.15) is 19.3 Å². The molecular weight excluding hydrogens is 250 g/mol. The van der Waals surface area contributed by atoms with E-state index < -0.39 is 0 Å². The summed E-state index contributed by atoms with van der Waals surface area (Å²) in [4.78, 5) is 16.6. The Balaban J connectivity index is 1.63. The smallest absolute Gasteiger partial charge is 0.228 e. The summed E-state index contributed by atoms with van der Waals surface area (Å²) in [5, 5.41) is 3.98. The van der Waals surface area contributed by atoms with Crippen molar-refractivity contribution in [3.8, 4) is 0 Å². The number of anilines is 2. The number of benzene rings is 1. The van der Waals surface area contributed by atoms with E-state index in [1.807, 2.05) is 18.2 Å². The third-order valence-corrected chi connectivity index (χ3v) is 4.77. The molecule has 0 bridgehead atoms.